The molecule has 0 aromatic rings. The van der Waals surface area contributed by atoms with Gasteiger partial charge in [0.15, 0.2) is 0 Å². The summed E-state index contributed by atoms with van der Waals surface area (Å²) in [6, 6.07) is 0. The lowest BCUT2D eigenvalue weighted by molar-refractivity contribution is 0.214. The monoisotopic (exact) mass is 156 g/mol. The lowest BCUT2D eigenvalue weighted by Gasteiger charge is -1.97. The second kappa shape index (κ2) is 3.34. The Balaban J connectivity index is 3.42. The van der Waals surface area contributed by atoms with Crippen molar-refractivity contribution in [3.63, 3.8) is 0 Å². The molecule has 0 aromatic carbocycles. The van der Waals surface area contributed by atoms with Crippen LogP contribution in [0.15, 0.2) is 0 Å². The normalized spacial score (nSPS) is 17.8. The van der Waals surface area contributed by atoms with Crippen molar-refractivity contribution in [2.24, 2.45) is 0 Å². The molecule has 5 heteroatoms. The van der Waals surface area contributed by atoms with E-state index in [1.165, 1.54) is 6.26 Å². The number of aliphatic hydroxyl groups is 1. The minimum atomic E-state index is -2.51. The Morgan fingerprint density at radius 3 is 2.50 bits per heavy atom. The molecule has 8 heavy (non-hydrogen) atoms. The van der Waals surface area contributed by atoms with Crippen molar-refractivity contribution in [3.05, 3.63) is 0 Å². The van der Waals surface area contributed by atoms with Crippen LogP contribution < -0.4 is 0 Å². The van der Waals surface area contributed by atoms with Crippen LogP contribution in [0.5, 0.6) is 0 Å². The molecule has 0 saturated carbocycles. The van der Waals surface area contributed by atoms with Gasteiger partial charge in [-0.25, -0.2) is 4.21 Å². The maximum absolute atomic E-state index is 10.4. The maximum Gasteiger partial charge on any atom is 0.141 e. The van der Waals surface area contributed by atoms with E-state index in [0.29, 0.717) is 0 Å². The van der Waals surface area contributed by atoms with Gasteiger partial charge in [0.1, 0.15) is 8.77 Å². The van der Waals surface area contributed by atoms with Crippen molar-refractivity contribution >= 4 is 20.0 Å². The zero-order valence-electron chi connectivity index (χ0n) is 4.49. The molecule has 50 valence electrons. The van der Waals surface area contributed by atoms with Gasteiger partial charge in [0, 0.05) is 17.4 Å². The highest BCUT2D eigenvalue weighted by atomic mass is 32.8. The first-order chi connectivity index (χ1) is 3.56. The predicted molar refractivity (Wildman–Crippen MR) is 34.5 cm³/mol. The van der Waals surface area contributed by atoms with E-state index in [9.17, 15) is 4.21 Å². The fraction of sp³-hybridized carbons (Fsp3) is 1.00. The van der Waals surface area contributed by atoms with E-state index in [0.717, 1.165) is 0 Å². The molecule has 0 spiro atoms. The third kappa shape index (κ3) is 6.29. The quantitative estimate of drug-likeness (QED) is 0.586. The largest absolute Gasteiger partial charge is 0.394 e. The molecule has 1 unspecified atom stereocenters. The van der Waals surface area contributed by atoms with Crippen LogP contribution in [0.25, 0.3) is 0 Å². The van der Waals surface area contributed by atoms with Gasteiger partial charge in [0.2, 0.25) is 0 Å². The number of aliphatic hydroxyl groups excluding tert-OH is 1. The molecular formula is C3H8O3S2. The first-order valence-electron chi connectivity index (χ1n) is 2.01. The van der Waals surface area contributed by atoms with Gasteiger partial charge in [-0.15, -0.1) is 0 Å². The van der Waals surface area contributed by atoms with E-state index < -0.39 is 8.77 Å². The molecule has 0 radical (unpaired) electrons. The van der Waals surface area contributed by atoms with Crippen molar-refractivity contribution in [2.75, 3.05) is 19.5 Å². The summed E-state index contributed by atoms with van der Waals surface area (Å²) in [6.07, 6.45) is 1.30. The molecule has 0 amide bonds. The van der Waals surface area contributed by atoms with Gasteiger partial charge >= 0.3 is 0 Å². The highest BCUT2D eigenvalue weighted by Crippen LogP contribution is 1.84. The minimum Gasteiger partial charge on any atom is -0.394 e. The Morgan fingerprint density at radius 1 is 1.88 bits per heavy atom. The zero-order chi connectivity index (χ0) is 6.62. The molecular weight excluding hydrogens is 148 g/mol. The SMILES string of the molecule is CS(=O)(=S)OCCO. The summed E-state index contributed by atoms with van der Waals surface area (Å²) < 4.78 is 14.9. The summed E-state index contributed by atoms with van der Waals surface area (Å²) in [5.41, 5.74) is 0. The van der Waals surface area contributed by atoms with E-state index >= 15 is 0 Å². The van der Waals surface area contributed by atoms with Crippen LogP contribution in [-0.4, -0.2) is 28.8 Å². The number of rotatable bonds is 3. The van der Waals surface area contributed by atoms with Crippen LogP contribution in [-0.2, 0) is 24.1 Å². The van der Waals surface area contributed by atoms with Crippen molar-refractivity contribution in [3.8, 4) is 0 Å². The average molecular weight is 156 g/mol. The fourth-order valence-electron chi connectivity index (χ4n) is 0.189. The minimum absolute atomic E-state index is 0.0544. The van der Waals surface area contributed by atoms with Crippen molar-refractivity contribution < 1.29 is 13.5 Å². The van der Waals surface area contributed by atoms with E-state index in [2.05, 4.69) is 15.4 Å². The van der Waals surface area contributed by atoms with Gasteiger partial charge < -0.3 is 5.11 Å². The first kappa shape index (κ1) is 8.29. The van der Waals surface area contributed by atoms with Gasteiger partial charge in [-0.2, -0.15) is 0 Å². The van der Waals surface area contributed by atoms with E-state index in [1.807, 2.05) is 0 Å². The molecule has 0 heterocycles. The predicted octanol–water partition coefficient (Wildman–Crippen LogP) is -0.714. The Hall–Kier alpha value is 0.290. The molecule has 1 atom stereocenters. The third-order valence-corrected chi connectivity index (χ3v) is 1.27. The topological polar surface area (TPSA) is 46.5 Å². The molecule has 0 aliphatic rings. The molecule has 0 bridgehead atoms. The lowest BCUT2D eigenvalue weighted by Crippen LogP contribution is -2.05. The molecule has 0 saturated heterocycles. The van der Waals surface area contributed by atoms with E-state index in [1.54, 1.807) is 0 Å². The second-order valence-corrected chi connectivity index (χ2v) is 4.71. The van der Waals surface area contributed by atoms with Crippen molar-refractivity contribution in [1.29, 1.82) is 0 Å². The van der Waals surface area contributed by atoms with Gasteiger partial charge in [-0.1, -0.05) is 0 Å². The van der Waals surface area contributed by atoms with Crippen LogP contribution in [0.4, 0.5) is 0 Å². The number of hydrogen-bond acceptors (Lipinski definition) is 4. The standard InChI is InChI=1S/C3H8O3S2/c1-8(5,7)6-3-2-4/h4H,2-3H2,1H3. The molecule has 1 N–H and O–H groups in total. The van der Waals surface area contributed by atoms with Crippen LogP contribution in [0.1, 0.15) is 0 Å². The highest BCUT2D eigenvalue weighted by molar-refractivity contribution is 8.29. The molecule has 0 aliphatic heterocycles. The Bertz CT molecular complexity index is 137. The van der Waals surface area contributed by atoms with E-state index in [4.69, 9.17) is 5.11 Å². The summed E-state index contributed by atoms with van der Waals surface area (Å²) >= 11 is 4.34. The van der Waals surface area contributed by atoms with Crippen LogP contribution in [0, 0.1) is 0 Å². The first-order valence-corrected chi connectivity index (χ1v) is 4.83. The van der Waals surface area contributed by atoms with Gasteiger partial charge in [0.25, 0.3) is 0 Å². The Labute approximate surface area is 53.5 Å². The summed E-state index contributed by atoms with van der Waals surface area (Å²) in [7, 11) is -2.51. The average Bonchev–Trinajstić information content (AvgIpc) is 1.59. The Morgan fingerprint density at radius 2 is 2.38 bits per heavy atom. The van der Waals surface area contributed by atoms with Gasteiger partial charge in [-0.05, 0) is 0 Å². The smallest absolute Gasteiger partial charge is 0.141 e. The zero-order valence-corrected chi connectivity index (χ0v) is 6.13. The molecule has 0 fully saturated rings. The van der Waals surface area contributed by atoms with Gasteiger partial charge in [0.05, 0.1) is 13.2 Å². The van der Waals surface area contributed by atoms with Gasteiger partial charge in [-0.3, -0.25) is 4.18 Å². The third-order valence-electron chi connectivity index (χ3n) is 0.389. The van der Waals surface area contributed by atoms with E-state index in [-0.39, 0.29) is 13.2 Å². The summed E-state index contributed by atoms with van der Waals surface area (Å²) in [5.74, 6) is 0. The second-order valence-electron chi connectivity index (χ2n) is 1.25. The lowest BCUT2D eigenvalue weighted by atomic mass is 10.8. The van der Waals surface area contributed by atoms with Crippen molar-refractivity contribution in [2.45, 2.75) is 0 Å². The van der Waals surface area contributed by atoms with Crippen LogP contribution >= 0.6 is 0 Å². The molecule has 0 aliphatic carbocycles. The van der Waals surface area contributed by atoms with Crippen LogP contribution in [0.3, 0.4) is 0 Å². The molecule has 3 nitrogen and oxygen atoms in total. The molecule has 0 rings (SSSR count). The highest BCUT2D eigenvalue weighted by Gasteiger charge is 1.92. The summed E-state index contributed by atoms with van der Waals surface area (Å²) in [4.78, 5) is 0. The summed E-state index contributed by atoms with van der Waals surface area (Å²) in [5, 5.41) is 8.13. The van der Waals surface area contributed by atoms with Crippen molar-refractivity contribution in [1.82, 2.24) is 0 Å². The molecule has 0 aromatic heterocycles. The Kier molecular flexibility index (Phi) is 3.46. The number of hydrogen-bond donors (Lipinski definition) is 1. The maximum atomic E-state index is 10.4. The summed E-state index contributed by atoms with van der Waals surface area (Å²) in [6.45, 7) is -0.0830. The van der Waals surface area contributed by atoms with Crippen LogP contribution in [0.2, 0.25) is 0 Å². The fourth-order valence-corrected chi connectivity index (χ4v) is 0.770.